The molecule has 0 heterocycles. The van der Waals surface area contributed by atoms with Gasteiger partial charge in [-0.15, -0.1) is 0 Å². The summed E-state index contributed by atoms with van der Waals surface area (Å²) in [6, 6.07) is 2.55. The van der Waals surface area contributed by atoms with Gasteiger partial charge in [0, 0.05) is 3.57 Å². The summed E-state index contributed by atoms with van der Waals surface area (Å²) in [5, 5.41) is 12.4. The van der Waals surface area contributed by atoms with Crippen LogP contribution in [-0.2, 0) is 9.53 Å². The zero-order valence-corrected chi connectivity index (χ0v) is 14.7. The first-order chi connectivity index (χ1) is 8.86. The summed E-state index contributed by atoms with van der Waals surface area (Å²) in [6.07, 6.45) is 0. The standard InChI is InChI=1S/C12H13I2NO4/c1-3-19-12(18)6(2)15-11(17)8-4-7(13)5-9(14)10(8)16/h4-6,16H,3H2,1-2H3,(H,15,17). The molecule has 0 bridgehead atoms. The van der Waals surface area contributed by atoms with E-state index in [0.717, 1.165) is 3.57 Å². The summed E-state index contributed by atoms with van der Waals surface area (Å²) in [4.78, 5) is 23.4. The van der Waals surface area contributed by atoms with Crippen LogP contribution in [0, 0.1) is 7.14 Å². The van der Waals surface area contributed by atoms with Crippen LogP contribution in [0.2, 0.25) is 0 Å². The number of amides is 1. The molecule has 1 aromatic carbocycles. The molecule has 0 aliphatic carbocycles. The van der Waals surface area contributed by atoms with Crippen LogP contribution in [-0.4, -0.2) is 29.6 Å². The Labute approximate surface area is 138 Å². The first-order valence-electron chi connectivity index (χ1n) is 5.52. The maximum absolute atomic E-state index is 12.0. The van der Waals surface area contributed by atoms with Crippen molar-refractivity contribution < 1.29 is 19.4 Å². The van der Waals surface area contributed by atoms with E-state index in [1.165, 1.54) is 6.92 Å². The van der Waals surface area contributed by atoms with Crippen LogP contribution in [0.4, 0.5) is 0 Å². The molecule has 0 aliphatic heterocycles. The monoisotopic (exact) mass is 489 g/mol. The number of carbonyl (C=O) groups is 2. The van der Waals surface area contributed by atoms with Gasteiger partial charge < -0.3 is 15.2 Å². The SMILES string of the molecule is CCOC(=O)C(C)NC(=O)c1cc(I)cc(I)c1O. The number of nitrogens with one attached hydrogen (secondary N) is 1. The minimum atomic E-state index is -0.762. The molecule has 104 valence electrons. The van der Waals surface area contributed by atoms with Gasteiger partial charge in [-0.3, -0.25) is 4.79 Å². The van der Waals surface area contributed by atoms with Crippen LogP contribution >= 0.6 is 45.2 Å². The molecule has 1 aromatic rings. The summed E-state index contributed by atoms with van der Waals surface area (Å²) in [5.74, 6) is -1.10. The molecule has 1 unspecified atom stereocenters. The minimum Gasteiger partial charge on any atom is -0.506 e. The van der Waals surface area contributed by atoms with Crippen molar-refractivity contribution in [3.05, 3.63) is 24.8 Å². The van der Waals surface area contributed by atoms with Gasteiger partial charge in [-0.2, -0.15) is 0 Å². The van der Waals surface area contributed by atoms with Gasteiger partial charge in [0.15, 0.2) is 0 Å². The molecule has 5 nitrogen and oxygen atoms in total. The predicted octanol–water partition coefficient (Wildman–Crippen LogP) is 2.28. The molecule has 0 aliphatic rings. The Bertz CT molecular complexity index is 505. The topological polar surface area (TPSA) is 75.6 Å². The average molecular weight is 489 g/mol. The van der Waals surface area contributed by atoms with Crippen molar-refractivity contribution in [1.29, 1.82) is 0 Å². The van der Waals surface area contributed by atoms with Crippen molar-refractivity contribution in [2.24, 2.45) is 0 Å². The molecule has 1 rings (SSSR count). The van der Waals surface area contributed by atoms with Gasteiger partial charge in [0.1, 0.15) is 11.8 Å². The number of rotatable bonds is 4. The van der Waals surface area contributed by atoms with Crippen molar-refractivity contribution in [2.75, 3.05) is 6.61 Å². The summed E-state index contributed by atoms with van der Waals surface area (Å²) in [6.45, 7) is 3.48. The van der Waals surface area contributed by atoms with E-state index in [9.17, 15) is 14.7 Å². The number of benzene rings is 1. The lowest BCUT2D eigenvalue weighted by atomic mass is 10.2. The zero-order valence-electron chi connectivity index (χ0n) is 10.4. The van der Waals surface area contributed by atoms with E-state index in [4.69, 9.17) is 4.74 Å². The van der Waals surface area contributed by atoms with Crippen LogP contribution < -0.4 is 5.32 Å². The summed E-state index contributed by atoms with van der Waals surface area (Å²) < 4.78 is 6.21. The number of hydrogen-bond donors (Lipinski definition) is 2. The van der Waals surface area contributed by atoms with Crippen molar-refractivity contribution in [2.45, 2.75) is 19.9 Å². The molecule has 0 saturated heterocycles. The van der Waals surface area contributed by atoms with E-state index < -0.39 is 17.9 Å². The molecule has 1 atom stereocenters. The van der Waals surface area contributed by atoms with Gasteiger partial charge >= 0.3 is 5.97 Å². The van der Waals surface area contributed by atoms with Crippen LogP contribution in [0.1, 0.15) is 24.2 Å². The van der Waals surface area contributed by atoms with Gasteiger partial charge in [-0.1, -0.05) is 0 Å². The van der Waals surface area contributed by atoms with Crippen molar-refractivity contribution in [1.82, 2.24) is 5.32 Å². The molecule has 0 radical (unpaired) electrons. The van der Waals surface area contributed by atoms with Crippen LogP contribution in [0.25, 0.3) is 0 Å². The minimum absolute atomic E-state index is 0.0884. The molecule has 1 amide bonds. The number of carbonyl (C=O) groups excluding carboxylic acids is 2. The number of phenolic OH excluding ortho intramolecular Hbond substituents is 1. The van der Waals surface area contributed by atoms with Crippen LogP contribution in [0.3, 0.4) is 0 Å². The fraction of sp³-hybridized carbons (Fsp3) is 0.333. The normalized spacial score (nSPS) is 11.8. The Hall–Kier alpha value is -0.580. The van der Waals surface area contributed by atoms with E-state index >= 15 is 0 Å². The smallest absolute Gasteiger partial charge is 0.328 e. The summed E-state index contributed by atoms with van der Waals surface area (Å²) >= 11 is 4.00. The average Bonchev–Trinajstić information content (AvgIpc) is 2.33. The third-order valence-electron chi connectivity index (χ3n) is 2.26. The zero-order chi connectivity index (χ0) is 14.6. The van der Waals surface area contributed by atoms with Gasteiger partial charge in [0.25, 0.3) is 5.91 Å². The highest BCUT2D eigenvalue weighted by Crippen LogP contribution is 2.26. The van der Waals surface area contributed by atoms with E-state index in [2.05, 4.69) is 27.9 Å². The molecule has 2 N–H and O–H groups in total. The largest absolute Gasteiger partial charge is 0.506 e. The lowest BCUT2D eigenvalue weighted by Crippen LogP contribution is -2.39. The molecule has 0 saturated carbocycles. The number of esters is 1. The second kappa shape index (κ2) is 7.27. The molecular formula is C12H13I2NO4. The molecule has 7 heteroatoms. The number of aromatic hydroxyl groups is 1. The highest BCUT2D eigenvalue weighted by molar-refractivity contribution is 14.1. The lowest BCUT2D eigenvalue weighted by molar-refractivity contribution is -0.144. The second-order valence-corrected chi connectivity index (χ2v) is 6.14. The van der Waals surface area contributed by atoms with Gasteiger partial charge in [0.2, 0.25) is 0 Å². The second-order valence-electron chi connectivity index (χ2n) is 3.73. The van der Waals surface area contributed by atoms with Crippen LogP contribution in [0.15, 0.2) is 12.1 Å². The van der Waals surface area contributed by atoms with Crippen molar-refractivity contribution >= 4 is 57.1 Å². The highest BCUT2D eigenvalue weighted by atomic mass is 127. The Morgan fingerprint density at radius 3 is 2.63 bits per heavy atom. The van der Waals surface area contributed by atoms with Gasteiger partial charge in [-0.25, -0.2) is 4.79 Å². The number of phenols is 1. The molecule has 0 aromatic heterocycles. The third-order valence-corrected chi connectivity index (χ3v) is 3.71. The quantitative estimate of drug-likeness (QED) is 0.503. The molecular weight excluding hydrogens is 476 g/mol. The van der Waals surface area contributed by atoms with E-state index in [1.54, 1.807) is 19.1 Å². The lowest BCUT2D eigenvalue weighted by Gasteiger charge is -2.13. The first-order valence-corrected chi connectivity index (χ1v) is 7.68. The third kappa shape index (κ3) is 4.48. The summed E-state index contributed by atoms with van der Waals surface area (Å²) in [5.41, 5.74) is 0.146. The molecule has 0 spiro atoms. The highest BCUT2D eigenvalue weighted by Gasteiger charge is 2.20. The number of ether oxygens (including phenoxy) is 1. The van der Waals surface area contributed by atoms with E-state index in [-0.39, 0.29) is 17.9 Å². The Balaban J connectivity index is 2.87. The van der Waals surface area contributed by atoms with Gasteiger partial charge in [0.05, 0.1) is 15.7 Å². The summed E-state index contributed by atoms with van der Waals surface area (Å²) in [7, 11) is 0. The Morgan fingerprint density at radius 2 is 2.05 bits per heavy atom. The Morgan fingerprint density at radius 1 is 1.42 bits per heavy atom. The molecule has 0 fully saturated rings. The maximum Gasteiger partial charge on any atom is 0.328 e. The van der Waals surface area contributed by atoms with E-state index in [1.807, 2.05) is 22.6 Å². The predicted molar refractivity (Wildman–Crippen MR) is 87.1 cm³/mol. The fourth-order valence-electron chi connectivity index (χ4n) is 1.34. The van der Waals surface area contributed by atoms with Crippen molar-refractivity contribution in [3.63, 3.8) is 0 Å². The van der Waals surface area contributed by atoms with Crippen molar-refractivity contribution in [3.8, 4) is 5.75 Å². The Kier molecular flexibility index (Phi) is 6.30. The number of halogens is 2. The fourth-order valence-corrected chi connectivity index (χ4v) is 3.18. The first kappa shape index (κ1) is 16.5. The maximum atomic E-state index is 12.0. The molecule has 19 heavy (non-hydrogen) atoms. The van der Waals surface area contributed by atoms with E-state index in [0.29, 0.717) is 3.57 Å². The van der Waals surface area contributed by atoms with Gasteiger partial charge in [-0.05, 0) is 71.2 Å². The number of hydrogen-bond acceptors (Lipinski definition) is 4. The van der Waals surface area contributed by atoms with Crippen LogP contribution in [0.5, 0.6) is 5.75 Å².